The summed E-state index contributed by atoms with van der Waals surface area (Å²) in [7, 11) is 0. The van der Waals surface area contributed by atoms with Gasteiger partial charge >= 0.3 is 6.03 Å². The van der Waals surface area contributed by atoms with Crippen LogP contribution in [0, 0.1) is 11.3 Å². The zero-order chi connectivity index (χ0) is 13.8. The van der Waals surface area contributed by atoms with Crippen molar-refractivity contribution in [3.8, 4) is 0 Å². The van der Waals surface area contributed by atoms with Crippen molar-refractivity contribution >= 4 is 17.4 Å². The van der Waals surface area contributed by atoms with Gasteiger partial charge in [0.2, 0.25) is 0 Å². The Morgan fingerprint density at radius 2 is 2.06 bits per heavy atom. The van der Waals surface area contributed by atoms with Gasteiger partial charge in [0, 0.05) is 17.9 Å². The van der Waals surface area contributed by atoms with Gasteiger partial charge in [-0.2, -0.15) is 0 Å². The molecule has 4 nitrogen and oxygen atoms in total. The van der Waals surface area contributed by atoms with E-state index in [4.69, 9.17) is 5.73 Å². The van der Waals surface area contributed by atoms with E-state index in [2.05, 4.69) is 38.3 Å². The van der Waals surface area contributed by atoms with Crippen molar-refractivity contribution < 1.29 is 4.79 Å². The Morgan fingerprint density at radius 3 is 2.61 bits per heavy atom. The molecule has 0 spiro atoms. The molecule has 0 saturated heterocycles. The maximum absolute atomic E-state index is 11.7. The third-order valence-electron chi connectivity index (χ3n) is 3.19. The fourth-order valence-electron chi connectivity index (χ4n) is 1.34. The summed E-state index contributed by atoms with van der Waals surface area (Å²) in [6, 6.07) is 6.93. The topological polar surface area (TPSA) is 67.2 Å². The quantitative estimate of drug-likeness (QED) is 0.721. The smallest absolute Gasteiger partial charge is 0.319 e. The van der Waals surface area contributed by atoms with Crippen molar-refractivity contribution in [2.24, 2.45) is 11.3 Å². The SMILES string of the molecule is CC(CNC(=O)Nc1cccc(N)c1)C(C)(C)C. The van der Waals surface area contributed by atoms with Crippen LogP contribution in [-0.2, 0) is 0 Å². The number of urea groups is 1. The van der Waals surface area contributed by atoms with E-state index < -0.39 is 0 Å². The maximum atomic E-state index is 11.7. The van der Waals surface area contributed by atoms with E-state index in [0.29, 0.717) is 23.8 Å². The first kappa shape index (κ1) is 14.4. The minimum Gasteiger partial charge on any atom is -0.399 e. The summed E-state index contributed by atoms with van der Waals surface area (Å²) >= 11 is 0. The van der Waals surface area contributed by atoms with Gasteiger partial charge in [0.25, 0.3) is 0 Å². The second-order valence-electron chi connectivity index (χ2n) is 5.73. The predicted octanol–water partition coefficient (Wildman–Crippen LogP) is 3.07. The van der Waals surface area contributed by atoms with E-state index in [0.717, 1.165) is 0 Å². The molecule has 0 aliphatic rings. The van der Waals surface area contributed by atoms with E-state index in [-0.39, 0.29) is 11.4 Å². The lowest BCUT2D eigenvalue weighted by Crippen LogP contribution is -2.36. The summed E-state index contributed by atoms with van der Waals surface area (Å²) in [4.78, 5) is 11.7. The first-order valence-electron chi connectivity index (χ1n) is 6.19. The van der Waals surface area contributed by atoms with Crippen LogP contribution in [0.15, 0.2) is 24.3 Å². The van der Waals surface area contributed by atoms with Gasteiger partial charge in [-0.25, -0.2) is 4.79 Å². The van der Waals surface area contributed by atoms with Crippen molar-refractivity contribution in [2.75, 3.05) is 17.6 Å². The fraction of sp³-hybridized carbons (Fsp3) is 0.500. The Bertz CT molecular complexity index is 410. The largest absolute Gasteiger partial charge is 0.399 e. The van der Waals surface area contributed by atoms with Gasteiger partial charge < -0.3 is 16.4 Å². The molecule has 1 rings (SSSR count). The highest BCUT2D eigenvalue weighted by atomic mass is 16.2. The van der Waals surface area contributed by atoms with Crippen LogP contribution in [0.25, 0.3) is 0 Å². The highest BCUT2D eigenvalue weighted by Gasteiger charge is 2.20. The Kier molecular flexibility index (Phi) is 4.59. The predicted molar refractivity (Wildman–Crippen MR) is 76.5 cm³/mol. The van der Waals surface area contributed by atoms with E-state index >= 15 is 0 Å². The third-order valence-corrected chi connectivity index (χ3v) is 3.19. The zero-order valence-corrected chi connectivity index (χ0v) is 11.6. The molecule has 0 aliphatic heterocycles. The van der Waals surface area contributed by atoms with Gasteiger partial charge in [-0.15, -0.1) is 0 Å². The molecule has 4 heteroatoms. The van der Waals surface area contributed by atoms with Gasteiger partial charge in [0.1, 0.15) is 0 Å². The van der Waals surface area contributed by atoms with Crippen LogP contribution in [-0.4, -0.2) is 12.6 Å². The number of carbonyl (C=O) groups is 1. The summed E-state index contributed by atoms with van der Waals surface area (Å²) in [5.41, 5.74) is 7.17. The van der Waals surface area contributed by atoms with Crippen molar-refractivity contribution in [3.05, 3.63) is 24.3 Å². The molecule has 100 valence electrons. The summed E-state index contributed by atoms with van der Waals surface area (Å²) < 4.78 is 0. The lowest BCUT2D eigenvalue weighted by Gasteiger charge is -2.27. The maximum Gasteiger partial charge on any atom is 0.319 e. The second-order valence-corrected chi connectivity index (χ2v) is 5.73. The fourth-order valence-corrected chi connectivity index (χ4v) is 1.34. The van der Waals surface area contributed by atoms with Crippen molar-refractivity contribution in [1.29, 1.82) is 0 Å². The number of benzene rings is 1. The number of amides is 2. The average Bonchev–Trinajstić information content (AvgIpc) is 2.24. The number of nitrogens with two attached hydrogens (primary N) is 1. The Morgan fingerprint density at radius 1 is 1.39 bits per heavy atom. The minimum absolute atomic E-state index is 0.185. The van der Waals surface area contributed by atoms with Crippen molar-refractivity contribution in [3.63, 3.8) is 0 Å². The lowest BCUT2D eigenvalue weighted by molar-refractivity contribution is 0.233. The molecule has 0 bridgehead atoms. The standard InChI is InChI=1S/C14H23N3O/c1-10(14(2,3)4)9-16-13(18)17-12-7-5-6-11(15)8-12/h5-8,10H,9,15H2,1-4H3,(H2,16,17,18). The van der Waals surface area contributed by atoms with E-state index in [1.54, 1.807) is 12.1 Å². The molecule has 0 aliphatic carbocycles. The van der Waals surface area contributed by atoms with Crippen molar-refractivity contribution in [1.82, 2.24) is 5.32 Å². The third kappa shape index (κ3) is 4.65. The highest BCUT2D eigenvalue weighted by molar-refractivity contribution is 5.89. The number of nitrogen functional groups attached to an aromatic ring is 1. The first-order chi connectivity index (χ1) is 8.29. The van der Waals surface area contributed by atoms with E-state index in [9.17, 15) is 4.79 Å². The van der Waals surface area contributed by atoms with Crippen LogP contribution in [0.3, 0.4) is 0 Å². The van der Waals surface area contributed by atoms with Gasteiger partial charge in [0.05, 0.1) is 0 Å². The summed E-state index contributed by atoms with van der Waals surface area (Å²) in [6.07, 6.45) is 0. The molecule has 0 radical (unpaired) electrons. The monoisotopic (exact) mass is 249 g/mol. The van der Waals surface area contributed by atoms with Crippen LogP contribution >= 0.6 is 0 Å². The normalized spacial score (nSPS) is 12.9. The van der Waals surface area contributed by atoms with Gasteiger partial charge in [-0.3, -0.25) is 0 Å². The van der Waals surface area contributed by atoms with Gasteiger partial charge in [-0.1, -0.05) is 33.8 Å². The number of rotatable bonds is 3. The first-order valence-corrected chi connectivity index (χ1v) is 6.19. The van der Waals surface area contributed by atoms with Crippen LogP contribution < -0.4 is 16.4 Å². The minimum atomic E-state index is -0.198. The van der Waals surface area contributed by atoms with Gasteiger partial charge in [-0.05, 0) is 29.5 Å². The number of hydrogen-bond acceptors (Lipinski definition) is 2. The molecule has 0 heterocycles. The average molecular weight is 249 g/mol. The number of carbonyl (C=O) groups excluding carboxylic acids is 1. The zero-order valence-electron chi connectivity index (χ0n) is 11.6. The van der Waals surface area contributed by atoms with E-state index in [1.165, 1.54) is 0 Å². The Balaban J connectivity index is 2.43. The van der Waals surface area contributed by atoms with Crippen molar-refractivity contribution in [2.45, 2.75) is 27.7 Å². The number of anilines is 2. The molecular formula is C14H23N3O. The number of nitrogens with one attached hydrogen (secondary N) is 2. The molecule has 2 amide bonds. The molecule has 1 atom stereocenters. The lowest BCUT2D eigenvalue weighted by atomic mass is 9.82. The summed E-state index contributed by atoms with van der Waals surface area (Å²) in [6.45, 7) is 9.26. The Hall–Kier alpha value is -1.71. The highest BCUT2D eigenvalue weighted by Crippen LogP contribution is 2.24. The second kappa shape index (κ2) is 5.76. The summed E-state index contributed by atoms with van der Waals surface area (Å²) in [5.74, 6) is 0.407. The van der Waals surface area contributed by atoms with E-state index in [1.807, 2.05) is 12.1 Å². The molecule has 4 N–H and O–H groups in total. The number of hydrogen-bond donors (Lipinski definition) is 3. The Labute approximate surface area is 109 Å². The molecule has 0 saturated carbocycles. The van der Waals surface area contributed by atoms with Crippen LogP contribution in [0.1, 0.15) is 27.7 Å². The van der Waals surface area contributed by atoms with Crippen LogP contribution in [0.4, 0.5) is 16.2 Å². The van der Waals surface area contributed by atoms with Gasteiger partial charge in [0.15, 0.2) is 0 Å². The molecular weight excluding hydrogens is 226 g/mol. The van der Waals surface area contributed by atoms with Crippen LogP contribution in [0.5, 0.6) is 0 Å². The van der Waals surface area contributed by atoms with Crippen LogP contribution in [0.2, 0.25) is 0 Å². The molecule has 1 aromatic carbocycles. The molecule has 1 aromatic rings. The molecule has 0 fully saturated rings. The molecule has 0 aromatic heterocycles. The molecule has 1 unspecified atom stereocenters. The summed E-state index contributed by atoms with van der Waals surface area (Å²) in [5, 5.41) is 5.63. The molecule has 18 heavy (non-hydrogen) atoms.